The Morgan fingerprint density at radius 3 is 1.70 bits per heavy atom. The number of aliphatic hydroxyl groups excluding tert-OH is 2. The molecule has 3 atom stereocenters. The van der Waals surface area contributed by atoms with E-state index in [-0.39, 0.29) is 19.4 Å². The van der Waals surface area contributed by atoms with E-state index in [1.165, 1.54) is 32.1 Å². The fourth-order valence-corrected chi connectivity index (χ4v) is 5.35. The summed E-state index contributed by atoms with van der Waals surface area (Å²) in [5.74, 6) is -1.05. The van der Waals surface area contributed by atoms with Crippen LogP contribution in [-0.2, 0) is 28.2 Å². The minimum absolute atomic E-state index is 0.103. The minimum Gasteiger partial charge on any atom is -0.462 e. The number of phosphoric ester groups is 1. The van der Waals surface area contributed by atoms with Crippen molar-refractivity contribution < 1.29 is 48.2 Å². The van der Waals surface area contributed by atoms with E-state index in [4.69, 9.17) is 19.3 Å². The third kappa shape index (κ3) is 34.4. The fraction of sp³-hybridized carbons (Fsp3) is 0.744. The lowest BCUT2D eigenvalue weighted by Gasteiger charge is -2.18. The molecule has 4 N–H and O–H groups in total. The van der Waals surface area contributed by atoms with Gasteiger partial charge in [-0.3, -0.25) is 14.1 Å². The Morgan fingerprint density at radius 1 is 0.600 bits per heavy atom. The Bertz CT molecular complexity index is 987. The van der Waals surface area contributed by atoms with Crippen LogP contribution >= 0.6 is 7.82 Å². The van der Waals surface area contributed by atoms with Crippen LogP contribution in [0.1, 0.15) is 155 Å². The number of hydrogen-bond acceptors (Lipinski definition) is 8. The van der Waals surface area contributed by atoms with Gasteiger partial charge < -0.3 is 29.5 Å². The van der Waals surface area contributed by atoms with Gasteiger partial charge in [-0.2, -0.15) is 0 Å². The van der Waals surface area contributed by atoms with Crippen molar-refractivity contribution in [2.75, 3.05) is 13.2 Å². The highest BCUT2D eigenvalue weighted by molar-refractivity contribution is 7.46. The molecule has 0 rings (SSSR count). The first-order chi connectivity index (χ1) is 24.1. The number of hydrogen-bond donors (Lipinski definition) is 4. The van der Waals surface area contributed by atoms with Crippen molar-refractivity contribution in [2.24, 2.45) is 0 Å². The number of ether oxygens (including phenoxy) is 2. The monoisotopic (exact) mass is 728 g/mol. The summed E-state index contributed by atoms with van der Waals surface area (Å²) in [4.78, 5) is 42.7. The molecule has 0 heterocycles. The lowest BCUT2D eigenvalue weighted by molar-refractivity contribution is -0.161. The van der Waals surface area contributed by atoms with Crippen LogP contribution in [0.3, 0.4) is 0 Å². The second-order valence-electron chi connectivity index (χ2n) is 12.9. The molecule has 0 saturated heterocycles. The number of unbranched alkanes of at least 4 members (excludes halogenated alkanes) is 12. The number of rotatable bonds is 34. The standard InChI is InChI=1S/C39H69O10P/c1-3-5-7-9-11-12-13-14-15-16-17-18-19-23-27-31-38(42)47-33-35(34-48-50(44,45)46)49-39(43)32-28-24-20-22-26-30-37(41)36(40)29-25-21-10-8-6-4-2/h11-12,14-15,17-18,21,25,35-37,40-41H,3-10,13,16,19-20,22-24,26-34H2,1-2H3,(H2,44,45,46)/b12-11-,15-14-,18-17-,25-21-/t35-,36+,37+/m1/s1. The maximum absolute atomic E-state index is 12.4. The largest absolute Gasteiger partial charge is 0.469 e. The molecule has 0 unspecified atom stereocenters. The molecule has 0 aliphatic carbocycles. The predicted octanol–water partition coefficient (Wildman–Crippen LogP) is 9.12. The third-order valence-electron chi connectivity index (χ3n) is 8.02. The predicted molar refractivity (Wildman–Crippen MR) is 200 cm³/mol. The van der Waals surface area contributed by atoms with Crippen molar-refractivity contribution >= 4 is 19.8 Å². The first-order valence-electron chi connectivity index (χ1n) is 19.1. The number of aliphatic hydroxyl groups is 2. The van der Waals surface area contributed by atoms with Gasteiger partial charge in [0.15, 0.2) is 6.10 Å². The lowest BCUT2D eigenvalue weighted by atomic mass is 10.0. The highest BCUT2D eigenvalue weighted by Gasteiger charge is 2.23. The van der Waals surface area contributed by atoms with Crippen molar-refractivity contribution in [3.63, 3.8) is 0 Å². The summed E-state index contributed by atoms with van der Waals surface area (Å²) in [6, 6.07) is 0. The molecule has 11 heteroatoms. The van der Waals surface area contributed by atoms with Gasteiger partial charge in [-0.25, -0.2) is 4.57 Å². The first-order valence-corrected chi connectivity index (χ1v) is 20.6. The van der Waals surface area contributed by atoms with E-state index in [1.54, 1.807) is 0 Å². The Kier molecular flexibility index (Phi) is 32.6. The molecule has 0 fully saturated rings. The van der Waals surface area contributed by atoms with Crippen molar-refractivity contribution in [3.05, 3.63) is 48.6 Å². The molecule has 0 aliphatic heterocycles. The fourth-order valence-electron chi connectivity index (χ4n) is 4.99. The zero-order valence-electron chi connectivity index (χ0n) is 31.0. The van der Waals surface area contributed by atoms with Crippen LogP contribution in [0, 0.1) is 0 Å². The Balaban J connectivity index is 4.17. The van der Waals surface area contributed by atoms with Gasteiger partial charge in [-0.1, -0.05) is 114 Å². The summed E-state index contributed by atoms with van der Waals surface area (Å²) in [6.07, 6.45) is 32.9. The third-order valence-corrected chi connectivity index (χ3v) is 8.51. The second kappa shape index (κ2) is 34.0. The zero-order chi connectivity index (χ0) is 37.1. The van der Waals surface area contributed by atoms with Crippen LogP contribution in [0.2, 0.25) is 0 Å². The molecule has 50 heavy (non-hydrogen) atoms. The topological polar surface area (TPSA) is 160 Å². The maximum atomic E-state index is 12.4. The van der Waals surface area contributed by atoms with E-state index >= 15 is 0 Å². The van der Waals surface area contributed by atoms with Crippen LogP contribution < -0.4 is 0 Å². The first kappa shape index (κ1) is 47.9. The number of allylic oxidation sites excluding steroid dienone is 7. The SMILES string of the molecule is CCCCC/C=C\C/C=C\C/C=C\CCCCC(=O)OC[C@H](COP(=O)(O)O)OC(=O)CCCCCCC[C@H](O)[C@@H](O)C/C=C\CCCCC. The molecular weight excluding hydrogens is 659 g/mol. The number of carbonyl (C=O) groups is 2. The van der Waals surface area contributed by atoms with E-state index < -0.39 is 44.7 Å². The molecule has 0 aliphatic rings. The molecule has 0 amide bonds. The molecule has 0 aromatic carbocycles. The van der Waals surface area contributed by atoms with E-state index in [2.05, 4.69) is 60.9 Å². The van der Waals surface area contributed by atoms with Gasteiger partial charge in [0.05, 0.1) is 18.8 Å². The molecular formula is C39H69O10P. The van der Waals surface area contributed by atoms with E-state index in [9.17, 15) is 24.4 Å². The van der Waals surface area contributed by atoms with E-state index in [0.29, 0.717) is 25.7 Å². The highest BCUT2D eigenvalue weighted by atomic mass is 31.2. The summed E-state index contributed by atoms with van der Waals surface area (Å²) in [5.41, 5.74) is 0. The van der Waals surface area contributed by atoms with Crippen LogP contribution in [0.4, 0.5) is 0 Å². The Hall–Kier alpha value is -2.07. The van der Waals surface area contributed by atoms with Crippen LogP contribution in [-0.4, -0.2) is 63.5 Å². The Labute approximate surface area is 302 Å². The van der Waals surface area contributed by atoms with Crippen LogP contribution in [0.25, 0.3) is 0 Å². The molecule has 0 aromatic rings. The molecule has 0 bridgehead atoms. The van der Waals surface area contributed by atoms with Gasteiger partial charge in [0.1, 0.15) is 6.61 Å². The van der Waals surface area contributed by atoms with Crippen LogP contribution in [0.15, 0.2) is 48.6 Å². The molecule has 10 nitrogen and oxygen atoms in total. The molecule has 0 radical (unpaired) electrons. The smallest absolute Gasteiger partial charge is 0.462 e. The average Bonchev–Trinajstić information content (AvgIpc) is 3.08. The average molecular weight is 729 g/mol. The number of phosphoric acid groups is 1. The van der Waals surface area contributed by atoms with Crippen molar-refractivity contribution in [1.29, 1.82) is 0 Å². The normalized spacial score (nSPS) is 14.3. The second-order valence-corrected chi connectivity index (χ2v) is 14.1. The lowest BCUT2D eigenvalue weighted by Crippen LogP contribution is -2.29. The van der Waals surface area contributed by atoms with Gasteiger partial charge in [-0.15, -0.1) is 0 Å². The quantitative estimate of drug-likeness (QED) is 0.0218. The van der Waals surface area contributed by atoms with Gasteiger partial charge in [0.2, 0.25) is 0 Å². The highest BCUT2D eigenvalue weighted by Crippen LogP contribution is 2.36. The number of carbonyl (C=O) groups excluding carboxylic acids is 2. The van der Waals surface area contributed by atoms with Gasteiger partial charge in [-0.05, 0) is 77.0 Å². The summed E-state index contributed by atoms with van der Waals surface area (Å²) < 4.78 is 26.2. The van der Waals surface area contributed by atoms with Gasteiger partial charge in [0, 0.05) is 12.8 Å². The summed E-state index contributed by atoms with van der Waals surface area (Å²) in [5, 5.41) is 20.3. The van der Waals surface area contributed by atoms with Crippen molar-refractivity contribution in [3.8, 4) is 0 Å². The molecule has 0 aromatic heterocycles. The molecule has 0 saturated carbocycles. The number of esters is 2. The van der Waals surface area contributed by atoms with E-state index in [1.807, 2.05) is 6.08 Å². The van der Waals surface area contributed by atoms with Gasteiger partial charge in [0.25, 0.3) is 0 Å². The van der Waals surface area contributed by atoms with Crippen LogP contribution in [0.5, 0.6) is 0 Å². The Morgan fingerprint density at radius 2 is 1.10 bits per heavy atom. The minimum atomic E-state index is -4.80. The maximum Gasteiger partial charge on any atom is 0.469 e. The molecule has 290 valence electrons. The van der Waals surface area contributed by atoms with E-state index in [0.717, 1.165) is 70.6 Å². The van der Waals surface area contributed by atoms with Gasteiger partial charge >= 0.3 is 19.8 Å². The molecule has 0 spiro atoms. The van der Waals surface area contributed by atoms with Crippen molar-refractivity contribution in [1.82, 2.24) is 0 Å². The zero-order valence-corrected chi connectivity index (χ0v) is 31.9. The summed E-state index contributed by atoms with van der Waals surface area (Å²) in [7, 11) is -4.80. The van der Waals surface area contributed by atoms with Crippen molar-refractivity contribution in [2.45, 2.75) is 173 Å². The summed E-state index contributed by atoms with van der Waals surface area (Å²) >= 11 is 0. The summed E-state index contributed by atoms with van der Waals surface area (Å²) in [6.45, 7) is 3.42.